The average molecular weight is 222 g/mol. The Bertz CT molecular complexity index is 193. The van der Waals surface area contributed by atoms with Gasteiger partial charge in [-0.25, -0.2) is 0 Å². The van der Waals surface area contributed by atoms with E-state index in [1.807, 2.05) is 13.8 Å². The van der Waals surface area contributed by atoms with Gasteiger partial charge in [0, 0.05) is 5.54 Å². The second kappa shape index (κ2) is 4.99. The highest BCUT2D eigenvalue weighted by atomic mass is 35.5. The molecule has 1 aliphatic carbocycles. The molecule has 3 nitrogen and oxygen atoms in total. The molecule has 0 bridgehead atoms. The Morgan fingerprint density at radius 1 is 1.29 bits per heavy atom. The van der Waals surface area contributed by atoms with Gasteiger partial charge in [-0.3, -0.25) is 4.79 Å². The van der Waals surface area contributed by atoms with Crippen molar-refractivity contribution in [3.63, 3.8) is 0 Å². The Hall–Kier alpha value is -0.280. The molecule has 0 heterocycles. The predicted octanol–water partition coefficient (Wildman–Crippen LogP) is 2.04. The number of carbonyl (C=O) groups is 1. The van der Waals surface area contributed by atoms with Crippen molar-refractivity contribution in [3.8, 4) is 0 Å². The molecule has 4 heteroatoms. The molecule has 1 saturated carbocycles. The van der Waals surface area contributed by atoms with Crippen LogP contribution in [0.1, 0.15) is 39.5 Å². The summed E-state index contributed by atoms with van der Waals surface area (Å²) in [5.41, 5.74) is 5.83. The largest absolute Gasteiger partial charge is 0.481 e. The van der Waals surface area contributed by atoms with Crippen LogP contribution in [0.5, 0.6) is 0 Å². The predicted molar refractivity (Wildman–Crippen MR) is 58.6 cm³/mol. The van der Waals surface area contributed by atoms with Gasteiger partial charge in [-0.15, -0.1) is 12.4 Å². The Balaban J connectivity index is 0.00000169. The molecule has 0 aromatic rings. The first-order chi connectivity index (χ1) is 5.91. The number of aliphatic carboxylic acids is 1. The summed E-state index contributed by atoms with van der Waals surface area (Å²) in [7, 11) is 0. The van der Waals surface area contributed by atoms with Crippen molar-refractivity contribution < 1.29 is 9.90 Å². The third kappa shape index (κ3) is 3.46. The molecule has 0 saturated heterocycles. The highest BCUT2D eigenvalue weighted by Crippen LogP contribution is 2.34. The SMILES string of the molecule is CC(C)(N)C1CCC(C(=O)O)CC1.Cl. The summed E-state index contributed by atoms with van der Waals surface area (Å²) in [5.74, 6) is -0.282. The molecular formula is C10H20ClNO2. The molecule has 0 spiro atoms. The van der Waals surface area contributed by atoms with Crippen LogP contribution in [0.2, 0.25) is 0 Å². The Labute approximate surface area is 91.5 Å². The van der Waals surface area contributed by atoms with Gasteiger partial charge in [0.2, 0.25) is 0 Å². The number of halogens is 1. The molecule has 0 aliphatic heterocycles. The standard InChI is InChI=1S/C10H19NO2.ClH/c1-10(2,11)8-5-3-7(4-6-8)9(12)13;/h7-8H,3-6,11H2,1-2H3,(H,12,13);1H. The fourth-order valence-corrected chi connectivity index (χ4v) is 2.08. The molecule has 0 amide bonds. The summed E-state index contributed by atoms with van der Waals surface area (Å²) in [4.78, 5) is 10.7. The van der Waals surface area contributed by atoms with Crippen molar-refractivity contribution in [1.29, 1.82) is 0 Å². The molecule has 1 aliphatic rings. The van der Waals surface area contributed by atoms with Gasteiger partial charge in [0.05, 0.1) is 5.92 Å². The van der Waals surface area contributed by atoms with Crippen molar-refractivity contribution >= 4 is 18.4 Å². The molecule has 0 aromatic carbocycles. The van der Waals surface area contributed by atoms with Crippen molar-refractivity contribution in [3.05, 3.63) is 0 Å². The van der Waals surface area contributed by atoms with Crippen molar-refractivity contribution in [2.45, 2.75) is 45.1 Å². The van der Waals surface area contributed by atoms with Gasteiger partial charge >= 0.3 is 5.97 Å². The van der Waals surface area contributed by atoms with Crippen LogP contribution in [0.4, 0.5) is 0 Å². The number of hydrogen-bond acceptors (Lipinski definition) is 2. The van der Waals surface area contributed by atoms with E-state index in [1.165, 1.54) is 0 Å². The van der Waals surface area contributed by atoms with Gasteiger partial charge in [0.15, 0.2) is 0 Å². The molecule has 0 aromatic heterocycles. The third-order valence-corrected chi connectivity index (χ3v) is 3.13. The minimum atomic E-state index is -0.645. The molecule has 0 radical (unpaired) electrons. The highest BCUT2D eigenvalue weighted by molar-refractivity contribution is 5.85. The van der Waals surface area contributed by atoms with Crippen molar-refractivity contribution in [2.24, 2.45) is 17.6 Å². The van der Waals surface area contributed by atoms with Crippen LogP contribution in [0.15, 0.2) is 0 Å². The smallest absolute Gasteiger partial charge is 0.306 e. The molecular weight excluding hydrogens is 202 g/mol. The molecule has 1 rings (SSSR count). The topological polar surface area (TPSA) is 63.3 Å². The Morgan fingerprint density at radius 2 is 1.71 bits per heavy atom. The van der Waals surface area contributed by atoms with E-state index in [2.05, 4.69) is 0 Å². The van der Waals surface area contributed by atoms with Gasteiger partial charge in [-0.2, -0.15) is 0 Å². The lowest BCUT2D eigenvalue weighted by molar-refractivity contribution is -0.143. The van der Waals surface area contributed by atoms with E-state index in [1.54, 1.807) is 0 Å². The van der Waals surface area contributed by atoms with E-state index < -0.39 is 5.97 Å². The van der Waals surface area contributed by atoms with Crippen LogP contribution in [0, 0.1) is 11.8 Å². The number of nitrogens with two attached hydrogens (primary N) is 1. The zero-order valence-electron chi connectivity index (χ0n) is 8.82. The molecule has 84 valence electrons. The first-order valence-corrected chi connectivity index (χ1v) is 4.93. The van der Waals surface area contributed by atoms with Crippen LogP contribution in [0.25, 0.3) is 0 Å². The normalized spacial score (nSPS) is 27.9. The Morgan fingerprint density at radius 3 is 2.00 bits per heavy atom. The van der Waals surface area contributed by atoms with Crippen LogP contribution < -0.4 is 5.73 Å². The van der Waals surface area contributed by atoms with Gasteiger partial charge in [-0.05, 0) is 45.4 Å². The zero-order chi connectivity index (χ0) is 10.1. The molecule has 0 unspecified atom stereocenters. The fourth-order valence-electron chi connectivity index (χ4n) is 2.08. The van der Waals surface area contributed by atoms with E-state index >= 15 is 0 Å². The summed E-state index contributed by atoms with van der Waals surface area (Å²) in [5, 5.41) is 8.80. The monoisotopic (exact) mass is 221 g/mol. The minimum absolute atomic E-state index is 0. The second-order valence-electron chi connectivity index (χ2n) is 4.71. The minimum Gasteiger partial charge on any atom is -0.481 e. The van der Waals surface area contributed by atoms with Crippen molar-refractivity contribution in [2.75, 3.05) is 0 Å². The van der Waals surface area contributed by atoms with E-state index in [-0.39, 0.29) is 23.9 Å². The lowest BCUT2D eigenvalue weighted by atomic mass is 9.74. The molecule has 1 fully saturated rings. The third-order valence-electron chi connectivity index (χ3n) is 3.13. The van der Waals surface area contributed by atoms with E-state index in [0.29, 0.717) is 5.92 Å². The van der Waals surface area contributed by atoms with E-state index in [4.69, 9.17) is 10.8 Å². The lowest BCUT2D eigenvalue weighted by Gasteiger charge is -2.35. The quantitative estimate of drug-likeness (QED) is 0.750. The fraction of sp³-hybridized carbons (Fsp3) is 0.900. The van der Waals surface area contributed by atoms with Crippen LogP contribution in [-0.2, 0) is 4.79 Å². The van der Waals surface area contributed by atoms with E-state index in [0.717, 1.165) is 25.7 Å². The summed E-state index contributed by atoms with van der Waals surface area (Å²) in [6.07, 6.45) is 3.50. The number of carboxylic acid groups (broad SMARTS) is 1. The first kappa shape index (κ1) is 13.7. The van der Waals surface area contributed by atoms with Crippen LogP contribution >= 0.6 is 12.4 Å². The van der Waals surface area contributed by atoms with Gasteiger partial charge < -0.3 is 10.8 Å². The summed E-state index contributed by atoms with van der Waals surface area (Å²) < 4.78 is 0. The first-order valence-electron chi connectivity index (χ1n) is 4.93. The maximum absolute atomic E-state index is 10.7. The van der Waals surface area contributed by atoms with Crippen LogP contribution in [0.3, 0.4) is 0 Å². The number of rotatable bonds is 2. The number of carboxylic acids is 1. The van der Waals surface area contributed by atoms with Crippen LogP contribution in [-0.4, -0.2) is 16.6 Å². The maximum Gasteiger partial charge on any atom is 0.306 e. The van der Waals surface area contributed by atoms with E-state index in [9.17, 15) is 4.79 Å². The second-order valence-corrected chi connectivity index (χ2v) is 4.71. The highest BCUT2D eigenvalue weighted by Gasteiger charge is 2.32. The molecule has 3 N–H and O–H groups in total. The lowest BCUT2D eigenvalue weighted by Crippen LogP contribution is -2.43. The molecule has 14 heavy (non-hydrogen) atoms. The Kier molecular flexibility index (Phi) is 4.89. The maximum atomic E-state index is 10.7. The van der Waals surface area contributed by atoms with Gasteiger partial charge in [0.25, 0.3) is 0 Å². The van der Waals surface area contributed by atoms with Gasteiger partial charge in [0.1, 0.15) is 0 Å². The number of hydrogen-bond donors (Lipinski definition) is 2. The summed E-state index contributed by atoms with van der Waals surface area (Å²) in [6.45, 7) is 4.05. The summed E-state index contributed by atoms with van der Waals surface area (Å²) in [6, 6.07) is 0. The average Bonchev–Trinajstić information content (AvgIpc) is 2.03. The zero-order valence-corrected chi connectivity index (χ0v) is 9.64. The van der Waals surface area contributed by atoms with Gasteiger partial charge in [-0.1, -0.05) is 0 Å². The summed E-state index contributed by atoms with van der Waals surface area (Å²) >= 11 is 0. The van der Waals surface area contributed by atoms with Crippen molar-refractivity contribution in [1.82, 2.24) is 0 Å². The molecule has 0 atom stereocenters.